The van der Waals surface area contributed by atoms with Gasteiger partial charge in [0.05, 0.1) is 5.56 Å². The first-order valence-corrected chi connectivity index (χ1v) is 8.88. The van der Waals surface area contributed by atoms with Gasteiger partial charge in [-0.25, -0.2) is 4.79 Å². The summed E-state index contributed by atoms with van der Waals surface area (Å²) in [4.78, 5) is 24.6. The van der Waals surface area contributed by atoms with Gasteiger partial charge in [-0.1, -0.05) is 47.6 Å². The number of ketones is 1. The molecule has 1 aromatic carbocycles. The van der Waals surface area contributed by atoms with Crippen LogP contribution in [0.1, 0.15) is 88.7 Å². The van der Waals surface area contributed by atoms with Crippen molar-refractivity contribution in [2.45, 2.75) is 84.2 Å². The van der Waals surface area contributed by atoms with E-state index in [9.17, 15) is 9.59 Å². The van der Waals surface area contributed by atoms with Crippen molar-refractivity contribution in [2.75, 3.05) is 0 Å². The van der Waals surface area contributed by atoms with Crippen LogP contribution in [0.5, 0.6) is 0 Å². The molecule has 1 saturated carbocycles. The lowest BCUT2D eigenvalue weighted by Gasteiger charge is -2.26. The van der Waals surface area contributed by atoms with Gasteiger partial charge in [0, 0.05) is 6.42 Å². The van der Waals surface area contributed by atoms with Gasteiger partial charge >= 0.3 is 5.97 Å². The van der Waals surface area contributed by atoms with Crippen LogP contribution in [0.2, 0.25) is 0 Å². The van der Waals surface area contributed by atoms with E-state index < -0.39 is 6.10 Å². The molecule has 0 N–H and O–H groups in total. The number of Topliss-reactive ketones (excluding diaryl/α,β-unsaturated/α-hetero) is 1. The van der Waals surface area contributed by atoms with Gasteiger partial charge in [-0.3, -0.25) is 4.79 Å². The van der Waals surface area contributed by atoms with Crippen LogP contribution >= 0.6 is 0 Å². The highest BCUT2D eigenvalue weighted by molar-refractivity contribution is 5.93. The minimum absolute atomic E-state index is 0.0534. The summed E-state index contributed by atoms with van der Waals surface area (Å²) < 4.78 is 5.54. The maximum atomic E-state index is 12.6. The molecule has 2 rings (SSSR count). The van der Waals surface area contributed by atoms with Crippen LogP contribution in [-0.4, -0.2) is 17.9 Å². The number of carbonyl (C=O) groups is 2. The molecular weight excluding hydrogens is 300 g/mol. The third-order valence-electron chi connectivity index (χ3n) is 4.65. The van der Waals surface area contributed by atoms with Gasteiger partial charge in [0.25, 0.3) is 0 Å². The third kappa shape index (κ3) is 4.46. The van der Waals surface area contributed by atoms with Crippen LogP contribution in [-0.2, 0) is 20.4 Å². The molecule has 24 heavy (non-hydrogen) atoms. The van der Waals surface area contributed by atoms with E-state index in [0.717, 1.165) is 24.0 Å². The Hall–Kier alpha value is -1.64. The first-order valence-electron chi connectivity index (χ1n) is 8.88. The Bertz CT molecular complexity index is 597. The first kappa shape index (κ1) is 18.7. The Labute approximate surface area is 145 Å². The van der Waals surface area contributed by atoms with Gasteiger partial charge in [-0.2, -0.15) is 0 Å². The second-order valence-electron chi connectivity index (χ2n) is 8.91. The standard InChI is InChI=1S/C21H30O3/c1-20(2,3)15-11-14(12-16(13-15)21(4,5)6)19(23)24-18-10-8-7-9-17(18)22/h11-13,18H,7-10H2,1-6H3/t18-/m0/s1. The molecule has 1 fully saturated rings. The van der Waals surface area contributed by atoms with E-state index in [-0.39, 0.29) is 22.6 Å². The minimum atomic E-state index is -0.567. The number of hydrogen-bond donors (Lipinski definition) is 0. The molecule has 1 aliphatic rings. The average molecular weight is 330 g/mol. The fourth-order valence-electron chi connectivity index (χ4n) is 2.88. The molecule has 0 spiro atoms. The van der Waals surface area contributed by atoms with Crippen molar-refractivity contribution in [3.05, 3.63) is 34.9 Å². The highest BCUT2D eigenvalue weighted by Gasteiger charge is 2.28. The normalized spacial score (nSPS) is 19.2. The van der Waals surface area contributed by atoms with E-state index in [1.807, 2.05) is 12.1 Å². The summed E-state index contributed by atoms with van der Waals surface area (Å²) in [7, 11) is 0. The lowest BCUT2D eigenvalue weighted by atomic mass is 9.79. The second kappa shape index (κ2) is 6.70. The van der Waals surface area contributed by atoms with Crippen LogP contribution < -0.4 is 0 Å². The summed E-state index contributed by atoms with van der Waals surface area (Å²) >= 11 is 0. The number of esters is 1. The monoisotopic (exact) mass is 330 g/mol. The molecule has 0 aromatic heterocycles. The largest absolute Gasteiger partial charge is 0.451 e. The molecule has 132 valence electrons. The summed E-state index contributed by atoms with van der Waals surface area (Å²) in [5.74, 6) is -0.329. The number of hydrogen-bond acceptors (Lipinski definition) is 3. The Morgan fingerprint density at radius 3 is 1.96 bits per heavy atom. The minimum Gasteiger partial charge on any atom is -0.451 e. The van der Waals surface area contributed by atoms with E-state index in [0.29, 0.717) is 18.4 Å². The zero-order valence-electron chi connectivity index (χ0n) is 15.9. The fourth-order valence-corrected chi connectivity index (χ4v) is 2.88. The number of ether oxygens (including phenoxy) is 1. The van der Waals surface area contributed by atoms with Crippen LogP contribution in [0, 0.1) is 0 Å². The highest BCUT2D eigenvalue weighted by atomic mass is 16.5. The molecule has 0 unspecified atom stereocenters. The van der Waals surface area contributed by atoms with Gasteiger partial charge in [-0.05, 0) is 53.4 Å². The van der Waals surface area contributed by atoms with Gasteiger partial charge in [0.2, 0.25) is 0 Å². The van der Waals surface area contributed by atoms with Gasteiger partial charge in [0.15, 0.2) is 11.9 Å². The van der Waals surface area contributed by atoms with E-state index in [2.05, 4.69) is 47.6 Å². The van der Waals surface area contributed by atoms with Crippen molar-refractivity contribution in [1.82, 2.24) is 0 Å². The summed E-state index contributed by atoms with van der Waals surface area (Å²) in [6.45, 7) is 12.8. The van der Waals surface area contributed by atoms with Crippen molar-refractivity contribution in [2.24, 2.45) is 0 Å². The maximum absolute atomic E-state index is 12.6. The lowest BCUT2D eigenvalue weighted by molar-refractivity contribution is -0.129. The number of carbonyl (C=O) groups excluding carboxylic acids is 2. The summed E-state index contributed by atoms with van der Waals surface area (Å²) in [5.41, 5.74) is 2.65. The first-order chi connectivity index (χ1) is 11.0. The topological polar surface area (TPSA) is 43.4 Å². The second-order valence-corrected chi connectivity index (χ2v) is 8.91. The van der Waals surface area contributed by atoms with Crippen LogP contribution in [0.4, 0.5) is 0 Å². The van der Waals surface area contributed by atoms with Gasteiger partial charge in [0.1, 0.15) is 0 Å². The van der Waals surface area contributed by atoms with Gasteiger partial charge < -0.3 is 4.74 Å². The van der Waals surface area contributed by atoms with Crippen LogP contribution in [0.3, 0.4) is 0 Å². The number of rotatable bonds is 2. The zero-order valence-corrected chi connectivity index (χ0v) is 15.9. The predicted octanol–water partition coefficient (Wildman–Crippen LogP) is 4.95. The molecule has 0 saturated heterocycles. The zero-order chi connectivity index (χ0) is 18.1. The summed E-state index contributed by atoms with van der Waals surface area (Å²) in [6.07, 6.45) is 2.45. The number of benzene rings is 1. The third-order valence-corrected chi connectivity index (χ3v) is 4.65. The molecule has 0 radical (unpaired) electrons. The highest BCUT2D eigenvalue weighted by Crippen LogP contribution is 2.31. The Morgan fingerprint density at radius 1 is 0.958 bits per heavy atom. The molecule has 0 bridgehead atoms. The molecule has 3 heteroatoms. The van der Waals surface area contributed by atoms with Gasteiger partial charge in [-0.15, -0.1) is 0 Å². The maximum Gasteiger partial charge on any atom is 0.338 e. The molecule has 1 aliphatic carbocycles. The Kier molecular flexibility index (Phi) is 5.22. The Morgan fingerprint density at radius 2 is 1.50 bits per heavy atom. The van der Waals surface area contributed by atoms with Crippen molar-refractivity contribution in [3.63, 3.8) is 0 Å². The molecule has 1 atom stereocenters. The summed E-state index contributed by atoms with van der Waals surface area (Å²) in [6, 6.07) is 5.98. The quantitative estimate of drug-likeness (QED) is 0.721. The molecular formula is C21H30O3. The van der Waals surface area contributed by atoms with E-state index in [1.54, 1.807) is 0 Å². The van der Waals surface area contributed by atoms with Crippen molar-refractivity contribution in [3.8, 4) is 0 Å². The van der Waals surface area contributed by atoms with Crippen LogP contribution in [0.15, 0.2) is 18.2 Å². The van der Waals surface area contributed by atoms with E-state index >= 15 is 0 Å². The fraction of sp³-hybridized carbons (Fsp3) is 0.619. The van der Waals surface area contributed by atoms with E-state index in [1.165, 1.54) is 0 Å². The van der Waals surface area contributed by atoms with Crippen molar-refractivity contribution >= 4 is 11.8 Å². The molecule has 0 amide bonds. The molecule has 0 aliphatic heterocycles. The average Bonchev–Trinajstić information content (AvgIpc) is 2.47. The van der Waals surface area contributed by atoms with E-state index in [4.69, 9.17) is 4.74 Å². The lowest BCUT2D eigenvalue weighted by Crippen LogP contribution is -2.30. The molecule has 1 aromatic rings. The molecule has 3 nitrogen and oxygen atoms in total. The SMILES string of the molecule is CC(C)(C)c1cc(C(=O)O[C@H]2CCCCC2=O)cc(C(C)(C)C)c1. The Balaban J connectivity index is 2.34. The van der Waals surface area contributed by atoms with Crippen molar-refractivity contribution in [1.29, 1.82) is 0 Å². The van der Waals surface area contributed by atoms with Crippen LogP contribution in [0.25, 0.3) is 0 Å². The molecule has 0 heterocycles. The summed E-state index contributed by atoms with van der Waals surface area (Å²) in [5, 5.41) is 0. The predicted molar refractivity (Wildman–Crippen MR) is 96.5 cm³/mol. The smallest absolute Gasteiger partial charge is 0.338 e. The van der Waals surface area contributed by atoms with Crippen molar-refractivity contribution < 1.29 is 14.3 Å².